The average molecular weight is 275 g/mol. The van der Waals surface area contributed by atoms with E-state index in [9.17, 15) is 0 Å². The van der Waals surface area contributed by atoms with E-state index in [1.165, 1.54) is 25.7 Å². The van der Waals surface area contributed by atoms with E-state index >= 15 is 0 Å². The molecule has 1 aliphatic carbocycles. The van der Waals surface area contributed by atoms with Gasteiger partial charge in [-0.3, -0.25) is 0 Å². The predicted molar refractivity (Wildman–Crippen MR) is 27.3 cm³/mol. The summed E-state index contributed by atoms with van der Waals surface area (Å²) in [5, 5.41) is 0. The molecule has 0 saturated heterocycles. The van der Waals surface area contributed by atoms with Gasteiger partial charge in [-0.15, -0.1) is 0 Å². The van der Waals surface area contributed by atoms with E-state index in [1.807, 2.05) is 0 Å². The first-order chi connectivity index (χ1) is 2.89. The predicted octanol–water partition coefficient (Wildman–Crippen LogP) is -0.988. The van der Waals surface area contributed by atoms with Gasteiger partial charge in [-0.05, 0) is 5.92 Å². The Hall–Kier alpha value is 1.35. The molecule has 0 spiro atoms. The summed E-state index contributed by atoms with van der Waals surface area (Å²) < 4.78 is 0. The van der Waals surface area contributed by atoms with Gasteiger partial charge in [0.15, 0.2) is 0 Å². The van der Waals surface area contributed by atoms with Gasteiger partial charge in [0.1, 0.15) is 0 Å². The van der Waals surface area contributed by atoms with E-state index in [1.54, 1.807) is 0 Å². The van der Waals surface area contributed by atoms with Gasteiger partial charge >= 0.3 is 0 Å². The van der Waals surface area contributed by atoms with Gasteiger partial charge in [0.05, 0.1) is 0 Å². The SMILES string of the molecule is [CH2]C1CCCC1.[I-].[Zn]. The minimum Gasteiger partial charge on any atom is -1.00 e. The Morgan fingerprint density at radius 1 is 1.12 bits per heavy atom. The van der Waals surface area contributed by atoms with Crippen LogP contribution in [0.4, 0.5) is 0 Å². The van der Waals surface area contributed by atoms with Crippen molar-refractivity contribution in [3.63, 3.8) is 0 Å². The van der Waals surface area contributed by atoms with Crippen molar-refractivity contribution in [3.8, 4) is 0 Å². The quantitative estimate of drug-likeness (QED) is 0.393. The molecule has 1 fully saturated rings. The Balaban J connectivity index is 0. The molecule has 1 saturated carbocycles. The second-order valence-corrected chi connectivity index (χ2v) is 2.15. The maximum atomic E-state index is 3.94. The molecule has 0 aliphatic heterocycles. The largest absolute Gasteiger partial charge is 1.00 e. The van der Waals surface area contributed by atoms with Crippen LogP contribution in [-0.2, 0) is 19.5 Å². The van der Waals surface area contributed by atoms with Crippen molar-refractivity contribution in [2.24, 2.45) is 5.92 Å². The second-order valence-electron chi connectivity index (χ2n) is 2.15. The third kappa shape index (κ3) is 4.25. The fourth-order valence-corrected chi connectivity index (χ4v) is 1.01. The minimum absolute atomic E-state index is 0. The van der Waals surface area contributed by atoms with Gasteiger partial charge in [0, 0.05) is 19.5 Å². The van der Waals surface area contributed by atoms with Crippen molar-refractivity contribution in [1.29, 1.82) is 0 Å². The van der Waals surface area contributed by atoms with Crippen LogP contribution in [-0.4, -0.2) is 0 Å². The summed E-state index contributed by atoms with van der Waals surface area (Å²) >= 11 is 0. The van der Waals surface area contributed by atoms with Gasteiger partial charge in [-0.2, -0.15) is 0 Å². The molecule has 1 rings (SSSR count). The normalized spacial score (nSPS) is 19.1. The average Bonchev–Trinajstić information content (AvgIpc) is 1.86. The summed E-state index contributed by atoms with van der Waals surface area (Å²) in [4.78, 5) is 0. The molecule has 45 valence electrons. The molecule has 0 aromatic carbocycles. The zero-order chi connectivity index (χ0) is 4.41. The van der Waals surface area contributed by atoms with Crippen LogP contribution in [0.2, 0.25) is 0 Å². The minimum atomic E-state index is 0. The molecule has 1 aliphatic rings. The zero-order valence-electron chi connectivity index (χ0n) is 5.20. The van der Waals surface area contributed by atoms with E-state index in [4.69, 9.17) is 0 Å². The van der Waals surface area contributed by atoms with Crippen molar-refractivity contribution in [1.82, 2.24) is 0 Å². The summed E-state index contributed by atoms with van der Waals surface area (Å²) in [5.74, 6) is 0.796. The van der Waals surface area contributed by atoms with Crippen molar-refractivity contribution >= 4 is 0 Å². The van der Waals surface area contributed by atoms with Gasteiger partial charge in [0.25, 0.3) is 0 Å². The molecule has 0 amide bonds. The molecule has 0 nitrogen and oxygen atoms in total. The molecule has 1 radical (unpaired) electrons. The van der Waals surface area contributed by atoms with Gasteiger partial charge in [-0.1, -0.05) is 32.6 Å². The van der Waals surface area contributed by atoms with Crippen LogP contribution in [0, 0.1) is 12.8 Å². The van der Waals surface area contributed by atoms with Crippen LogP contribution in [0.15, 0.2) is 0 Å². The molecule has 8 heavy (non-hydrogen) atoms. The van der Waals surface area contributed by atoms with E-state index in [0.29, 0.717) is 0 Å². The smallest absolute Gasteiger partial charge is 0 e. The molecule has 0 bridgehead atoms. The van der Waals surface area contributed by atoms with Crippen molar-refractivity contribution in [2.45, 2.75) is 25.7 Å². The third-order valence-electron chi connectivity index (χ3n) is 1.47. The van der Waals surface area contributed by atoms with Gasteiger partial charge < -0.3 is 24.0 Å². The Morgan fingerprint density at radius 3 is 1.62 bits per heavy atom. The van der Waals surface area contributed by atoms with E-state index in [-0.39, 0.29) is 43.5 Å². The Bertz CT molecular complexity index is 41.8. The number of hydrogen-bond acceptors (Lipinski definition) is 0. The molecule has 0 heterocycles. The van der Waals surface area contributed by atoms with Crippen LogP contribution in [0.1, 0.15) is 25.7 Å². The van der Waals surface area contributed by atoms with Crippen molar-refractivity contribution < 1.29 is 43.5 Å². The van der Waals surface area contributed by atoms with E-state index in [2.05, 4.69) is 6.92 Å². The topological polar surface area (TPSA) is 0 Å². The van der Waals surface area contributed by atoms with E-state index < -0.39 is 0 Å². The first kappa shape index (κ1) is 12.1. The summed E-state index contributed by atoms with van der Waals surface area (Å²) in [6, 6.07) is 0. The molecule has 0 aromatic rings. The summed E-state index contributed by atoms with van der Waals surface area (Å²) in [6.07, 6.45) is 5.60. The number of halogens is 1. The van der Waals surface area contributed by atoms with Gasteiger partial charge in [0.2, 0.25) is 0 Å². The molecular formula is C6H11IZn-. The van der Waals surface area contributed by atoms with E-state index in [0.717, 1.165) is 5.92 Å². The van der Waals surface area contributed by atoms with Crippen LogP contribution in [0.25, 0.3) is 0 Å². The molecule has 0 aromatic heterocycles. The van der Waals surface area contributed by atoms with Crippen molar-refractivity contribution in [2.75, 3.05) is 0 Å². The molecule has 0 N–H and O–H groups in total. The summed E-state index contributed by atoms with van der Waals surface area (Å²) in [5.41, 5.74) is 0. The standard InChI is InChI=1S/C6H11.HI.Zn/c1-6-4-2-3-5-6;;/h6H,1-5H2;1H;/p-1. The molecule has 0 atom stereocenters. The fraction of sp³-hybridized carbons (Fsp3) is 0.833. The Kier molecular flexibility index (Phi) is 9.77. The maximum absolute atomic E-state index is 3.94. The Morgan fingerprint density at radius 2 is 1.50 bits per heavy atom. The maximum Gasteiger partial charge on any atom is 0 e. The molecule has 2 heteroatoms. The molecular weight excluding hydrogens is 264 g/mol. The van der Waals surface area contributed by atoms with Crippen LogP contribution >= 0.6 is 0 Å². The first-order valence-electron chi connectivity index (χ1n) is 2.72. The summed E-state index contributed by atoms with van der Waals surface area (Å²) in [6.45, 7) is 3.94. The van der Waals surface area contributed by atoms with Crippen molar-refractivity contribution in [3.05, 3.63) is 6.92 Å². The van der Waals surface area contributed by atoms with Crippen LogP contribution < -0.4 is 24.0 Å². The monoisotopic (exact) mass is 274 g/mol. The second kappa shape index (κ2) is 6.47. The summed E-state index contributed by atoms with van der Waals surface area (Å²) in [7, 11) is 0. The molecule has 0 unspecified atom stereocenters. The Labute approximate surface area is 81.6 Å². The number of hydrogen-bond donors (Lipinski definition) is 0. The zero-order valence-corrected chi connectivity index (χ0v) is 10.3. The third-order valence-corrected chi connectivity index (χ3v) is 1.47. The number of rotatable bonds is 0. The fourth-order valence-electron chi connectivity index (χ4n) is 1.01. The van der Waals surface area contributed by atoms with Crippen LogP contribution in [0.3, 0.4) is 0 Å². The van der Waals surface area contributed by atoms with Crippen LogP contribution in [0.5, 0.6) is 0 Å². The van der Waals surface area contributed by atoms with Gasteiger partial charge in [-0.25, -0.2) is 0 Å². The first-order valence-corrected chi connectivity index (χ1v) is 2.72.